The van der Waals surface area contributed by atoms with Crippen molar-refractivity contribution in [3.8, 4) is 11.5 Å². The van der Waals surface area contributed by atoms with Crippen molar-refractivity contribution in [1.82, 2.24) is 15.1 Å². The first-order chi connectivity index (χ1) is 13.0. The lowest BCUT2D eigenvalue weighted by Crippen LogP contribution is -2.39. The summed E-state index contributed by atoms with van der Waals surface area (Å²) in [5.41, 5.74) is 2.09. The largest absolute Gasteiger partial charge is 0.421 e. The topological polar surface area (TPSA) is 59.2 Å². The standard InChI is InChI=1S/C22H33N3O2/c1-5-7-8-16-25(18(4)9-6-2)21(26)15-14-20-23-24-22(27-20)19-12-10-17(3)11-13-19/h10-13,18H,5-9,14-16H2,1-4H3. The molecular formula is C22H33N3O2. The molecule has 0 aliphatic rings. The number of carbonyl (C=O) groups excluding carboxylic acids is 1. The predicted octanol–water partition coefficient (Wildman–Crippen LogP) is 5.19. The molecule has 1 amide bonds. The van der Waals surface area contributed by atoms with Gasteiger partial charge in [-0.15, -0.1) is 10.2 Å². The number of aryl methyl sites for hydroxylation is 2. The highest BCUT2D eigenvalue weighted by atomic mass is 16.4. The molecule has 27 heavy (non-hydrogen) atoms. The van der Waals surface area contributed by atoms with Crippen LogP contribution in [0.5, 0.6) is 0 Å². The van der Waals surface area contributed by atoms with Gasteiger partial charge in [0.25, 0.3) is 0 Å². The summed E-state index contributed by atoms with van der Waals surface area (Å²) < 4.78 is 5.75. The number of rotatable bonds is 11. The van der Waals surface area contributed by atoms with Crippen LogP contribution in [0, 0.1) is 6.92 Å². The minimum Gasteiger partial charge on any atom is -0.421 e. The Labute approximate surface area is 163 Å². The van der Waals surface area contributed by atoms with Crippen molar-refractivity contribution in [3.05, 3.63) is 35.7 Å². The Hall–Kier alpha value is -2.17. The molecule has 0 radical (unpaired) electrons. The first-order valence-corrected chi connectivity index (χ1v) is 10.2. The summed E-state index contributed by atoms with van der Waals surface area (Å²) in [6.07, 6.45) is 6.41. The number of hydrogen-bond donors (Lipinski definition) is 0. The van der Waals surface area contributed by atoms with Gasteiger partial charge in [-0.3, -0.25) is 4.79 Å². The van der Waals surface area contributed by atoms with Crippen LogP contribution in [0.1, 0.15) is 70.8 Å². The molecule has 0 bridgehead atoms. The Balaban J connectivity index is 1.94. The van der Waals surface area contributed by atoms with Gasteiger partial charge in [0, 0.05) is 31.0 Å². The quantitative estimate of drug-likeness (QED) is 0.510. The van der Waals surface area contributed by atoms with Crippen LogP contribution in [0.25, 0.3) is 11.5 Å². The summed E-state index contributed by atoms with van der Waals surface area (Å²) >= 11 is 0. The first-order valence-electron chi connectivity index (χ1n) is 10.2. The van der Waals surface area contributed by atoms with Crippen LogP contribution in [0.4, 0.5) is 0 Å². The maximum Gasteiger partial charge on any atom is 0.247 e. The van der Waals surface area contributed by atoms with E-state index in [2.05, 4.69) is 31.0 Å². The van der Waals surface area contributed by atoms with Crippen LogP contribution >= 0.6 is 0 Å². The Morgan fingerprint density at radius 1 is 1.11 bits per heavy atom. The number of amides is 1. The van der Waals surface area contributed by atoms with E-state index in [9.17, 15) is 4.79 Å². The molecule has 0 aliphatic carbocycles. The third-order valence-corrected chi connectivity index (χ3v) is 4.88. The van der Waals surface area contributed by atoms with Crippen LogP contribution in [0.3, 0.4) is 0 Å². The Morgan fingerprint density at radius 2 is 1.85 bits per heavy atom. The van der Waals surface area contributed by atoms with E-state index >= 15 is 0 Å². The fraction of sp³-hybridized carbons (Fsp3) is 0.591. The molecule has 0 saturated carbocycles. The maximum atomic E-state index is 12.8. The third kappa shape index (κ3) is 6.49. The fourth-order valence-corrected chi connectivity index (χ4v) is 3.22. The van der Waals surface area contributed by atoms with Crippen molar-refractivity contribution in [2.75, 3.05) is 6.54 Å². The van der Waals surface area contributed by atoms with Gasteiger partial charge >= 0.3 is 0 Å². The van der Waals surface area contributed by atoms with E-state index in [0.29, 0.717) is 24.6 Å². The second-order valence-electron chi connectivity index (χ2n) is 7.30. The number of benzene rings is 1. The molecule has 148 valence electrons. The number of aromatic nitrogens is 2. The van der Waals surface area contributed by atoms with Crippen molar-refractivity contribution in [2.45, 2.75) is 78.7 Å². The van der Waals surface area contributed by atoms with E-state index < -0.39 is 0 Å². The summed E-state index contributed by atoms with van der Waals surface area (Å²) in [6.45, 7) is 9.38. The lowest BCUT2D eigenvalue weighted by Gasteiger charge is -2.29. The molecule has 0 spiro atoms. The highest BCUT2D eigenvalue weighted by Crippen LogP contribution is 2.19. The van der Waals surface area contributed by atoms with Gasteiger partial charge in [-0.05, 0) is 38.8 Å². The van der Waals surface area contributed by atoms with Crippen molar-refractivity contribution >= 4 is 5.91 Å². The van der Waals surface area contributed by atoms with Crippen molar-refractivity contribution < 1.29 is 9.21 Å². The highest BCUT2D eigenvalue weighted by molar-refractivity contribution is 5.76. The summed E-state index contributed by atoms with van der Waals surface area (Å²) in [5.74, 6) is 1.22. The van der Waals surface area contributed by atoms with Crippen molar-refractivity contribution in [2.24, 2.45) is 0 Å². The lowest BCUT2D eigenvalue weighted by atomic mass is 10.1. The molecule has 1 atom stereocenters. The summed E-state index contributed by atoms with van der Waals surface area (Å²) in [6, 6.07) is 8.27. The molecule has 0 fully saturated rings. The van der Waals surface area contributed by atoms with Crippen LogP contribution in [-0.4, -0.2) is 33.6 Å². The fourth-order valence-electron chi connectivity index (χ4n) is 3.22. The van der Waals surface area contributed by atoms with Gasteiger partial charge in [-0.1, -0.05) is 50.8 Å². The molecule has 5 nitrogen and oxygen atoms in total. The highest BCUT2D eigenvalue weighted by Gasteiger charge is 2.20. The number of hydrogen-bond acceptors (Lipinski definition) is 4. The molecule has 1 unspecified atom stereocenters. The zero-order chi connectivity index (χ0) is 19.6. The summed E-state index contributed by atoms with van der Waals surface area (Å²) in [7, 11) is 0. The molecule has 0 N–H and O–H groups in total. The van der Waals surface area contributed by atoms with E-state index in [1.165, 1.54) is 5.56 Å². The van der Waals surface area contributed by atoms with Crippen LogP contribution in [0.2, 0.25) is 0 Å². The zero-order valence-corrected chi connectivity index (χ0v) is 17.2. The molecule has 2 aromatic rings. The van der Waals surface area contributed by atoms with Gasteiger partial charge in [0.15, 0.2) is 0 Å². The summed E-state index contributed by atoms with van der Waals surface area (Å²) in [4.78, 5) is 14.8. The maximum absolute atomic E-state index is 12.8. The van der Waals surface area contributed by atoms with Gasteiger partial charge < -0.3 is 9.32 Å². The molecular weight excluding hydrogens is 338 g/mol. The smallest absolute Gasteiger partial charge is 0.247 e. The molecule has 0 aliphatic heterocycles. The Kier molecular flexibility index (Phi) is 8.49. The second-order valence-corrected chi connectivity index (χ2v) is 7.30. The number of carbonyl (C=O) groups is 1. The Morgan fingerprint density at radius 3 is 2.52 bits per heavy atom. The lowest BCUT2D eigenvalue weighted by molar-refractivity contribution is -0.133. The molecule has 1 aromatic carbocycles. The van der Waals surface area contributed by atoms with Gasteiger partial charge in [-0.2, -0.15) is 0 Å². The van der Waals surface area contributed by atoms with Crippen molar-refractivity contribution in [3.63, 3.8) is 0 Å². The van der Waals surface area contributed by atoms with Gasteiger partial charge in [0.1, 0.15) is 0 Å². The minimum absolute atomic E-state index is 0.183. The van der Waals surface area contributed by atoms with Crippen LogP contribution in [0.15, 0.2) is 28.7 Å². The van der Waals surface area contributed by atoms with Gasteiger partial charge in [-0.25, -0.2) is 0 Å². The van der Waals surface area contributed by atoms with E-state index in [-0.39, 0.29) is 11.9 Å². The van der Waals surface area contributed by atoms with Crippen molar-refractivity contribution in [1.29, 1.82) is 0 Å². The second kappa shape index (κ2) is 10.9. The SMILES string of the molecule is CCCCCN(C(=O)CCc1nnc(-c2ccc(C)cc2)o1)C(C)CCC. The third-order valence-electron chi connectivity index (χ3n) is 4.88. The Bertz CT molecular complexity index is 694. The van der Waals surface area contributed by atoms with Crippen LogP contribution < -0.4 is 0 Å². The summed E-state index contributed by atoms with van der Waals surface area (Å²) in [5, 5.41) is 8.24. The molecule has 5 heteroatoms. The monoisotopic (exact) mass is 371 g/mol. The normalized spacial score (nSPS) is 12.1. The first kappa shape index (κ1) is 21.1. The molecule has 2 rings (SSSR count). The average molecular weight is 372 g/mol. The molecule has 0 saturated heterocycles. The zero-order valence-electron chi connectivity index (χ0n) is 17.2. The van der Waals surface area contributed by atoms with Crippen LogP contribution in [-0.2, 0) is 11.2 Å². The van der Waals surface area contributed by atoms with Gasteiger partial charge in [0.05, 0.1) is 0 Å². The van der Waals surface area contributed by atoms with E-state index in [4.69, 9.17) is 4.42 Å². The molecule has 1 aromatic heterocycles. The van der Waals surface area contributed by atoms with E-state index in [1.54, 1.807) is 0 Å². The predicted molar refractivity (Wildman–Crippen MR) is 108 cm³/mol. The average Bonchev–Trinajstić information content (AvgIpc) is 3.13. The molecule has 1 heterocycles. The number of unbranched alkanes of at least 4 members (excludes halogenated alkanes) is 2. The van der Waals surface area contributed by atoms with E-state index in [0.717, 1.165) is 44.2 Å². The van der Waals surface area contributed by atoms with Gasteiger partial charge in [0.2, 0.25) is 17.7 Å². The van der Waals surface area contributed by atoms with E-state index in [1.807, 2.05) is 36.1 Å². The number of nitrogens with zero attached hydrogens (tertiary/aromatic N) is 3. The minimum atomic E-state index is 0.183.